The number of anilines is 1. The maximum atomic E-state index is 5.32. The number of benzene rings is 4. The molecule has 1 heterocycles. The van der Waals surface area contributed by atoms with E-state index in [9.17, 15) is 0 Å². The standard InChI is InChI=1S/C24H19N5O2/c1-30-20-12-11-15(13-21(20)31-2)14-25-28-24-26-22-18-9-5-3-7-16(18)17-8-4-6-10-19(17)23(22)27-29-24/h3-14H,1-2H3,(H,26,28,29). The van der Waals surface area contributed by atoms with E-state index in [4.69, 9.17) is 14.5 Å². The van der Waals surface area contributed by atoms with Crippen molar-refractivity contribution in [1.29, 1.82) is 0 Å². The SMILES string of the molecule is COc1ccc(C=NNc2nnc3c4ccccc4c4ccccc4c3n2)cc1OC. The third-order valence-corrected chi connectivity index (χ3v) is 5.13. The van der Waals surface area contributed by atoms with Crippen molar-refractivity contribution in [2.75, 3.05) is 19.6 Å². The summed E-state index contributed by atoms with van der Waals surface area (Å²) in [6.45, 7) is 0. The van der Waals surface area contributed by atoms with Crippen molar-refractivity contribution >= 4 is 44.7 Å². The topological polar surface area (TPSA) is 81.5 Å². The third-order valence-electron chi connectivity index (χ3n) is 5.13. The maximum absolute atomic E-state index is 5.32. The minimum absolute atomic E-state index is 0.324. The quantitative estimate of drug-likeness (QED) is 0.255. The Bertz CT molecular complexity index is 1410. The van der Waals surface area contributed by atoms with Crippen LogP contribution in [-0.2, 0) is 0 Å². The van der Waals surface area contributed by atoms with E-state index < -0.39 is 0 Å². The lowest BCUT2D eigenvalue weighted by Gasteiger charge is -2.09. The summed E-state index contributed by atoms with van der Waals surface area (Å²) < 4.78 is 10.6. The van der Waals surface area contributed by atoms with E-state index >= 15 is 0 Å². The van der Waals surface area contributed by atoms with Crippen LogP contribution >= 0.6 is 0 Å². The highest BCUT2D eigenvalue weighted by Gasteiger charge is 2.11. The Morgan fingerprint density at radius 1 is 0.742 bits per heavy atom. The van der Waals surface area contributed by atoms with Crippen molar-refractivity contribution in [3.63, 3.8) is 0 Å². The average Bonchev–Trinajstić information content (AvgIpc) is 2.84. The lowest BCUT2D eigenvalue weighted by atomic mass is 10.00. The van der Waals surface area contributed by atoms with E-state index in [1.54, 1.807) is 20.4 Å². The zero-order chi connectivity index (χ0) is 21.2. The Labute approximate surface area is 178 Å². The molecule has 1 N–H and O–H groups in total. The number of hydrogen-bond donors (Lipinski definition) is 1. The van der Waals surface area contributed by atoms with Gasteiger partial charge in [-0.1, -0.05) is 48.5 Å². The summed E-state index contributed by atoms with van der Waals surface area (Å²) in [6, 6.07) is 21.9. The van der Waals surface area contributed by atoms with Gasteiger partial charge in [-0.3, -0.25) is 0 Å². The van der Waals surface area contributed by atoms with Gasteiger partial charge in [-0.25, -0.2) is 10.4 Å². The van der Waals surface area contributed by atoms with E-state index in [1.807, 2.05) is 48.5 Å². The predicted molar refractivity (Wildman–Crippen MR) is 123 cm³/mol. The van der Waals surface area contributed by atoms with Gasteiger partial charge in [0.2, 0.25) is 0 Å². The smallest absolute Gasteiger partial charge is 0.263 e. The van der Waals surface area contributed by atoms with Crippen LogP contribution in [0.25, 0.3) is 32.6 Å². The molecule has 0 amide bonds. The monoisotopic (exact) mass is 409 g/mol. The highest BCUT2D eigenvalue weighted by atomic mass is 16.5. The molecule has 5 rings (SSSR count). The largest absolute Gasteiger partial charge is 0.493 e. The first-order valence-electron chi connectivity index (χ1n) is 9.73. The molecule has 0 unspecified atom stereocenters. The molecule has 1 aromatic heterocycles. The summed E-state index contributed by atoms with van der Waals surface area (Å²) in [5, 5.41) is 17.2. The molecular weight excluding hydrogens is 390 g/mol. The van der Waals surface area contributed by atoms with Gasteiger partial charge < -0.3 is 9.47 Å². The minimum Gasteiger partial charge on any atom is -0.493 e. The Kier molecular flexibility index (Phi) is 4.76. The van der Waals surface area contributed by atoms with Gasteiger partial charge in [-0.15, -0.1) is 10.2 Å². The third kappa shape index (κ3) is 3.36. The van der Waals surface area contributed by atoms with Crippen LogP contribution in [-0.4, -0.2) is 35.6 Å². The van der Waals surface area contributed by atoms with Crippen LogP contribution in [0.4, 0.5) is 5.95 Å². The van der Waals surface area contributed by atoms with Crippen molar-refractivity contribution in [3.8, 4) is 11.5 Å². The first-order valence-corrected chi connectivity index (χ1v) is 9.73. The number of rotatable bonds is 5. The number of hydrogen-bond acceptors (Lipinski definition) is 7. The second kappa shape index (κ2) is 7.87. The molecule has 0 bridgehead atoms. The van der Waals surface area contributed by atoms with Crippen molar-refractivity contribution in [2.45, 2.75) is 0 Å². The molecule has 0 aliphatic heterocycles. The van der Waals surface area contributed by atoms with Gasteiger partial charge >= 0.3 is 0 Å². The molecule has 0 spiro atoms. The summed E-state index contributed by atoms with van der Waals surface area (Å²) in [5.41, 5.74) is 5.27. The summed E-state index contributed by atoms with van der Waals surface area (Å²) in [5.74, 6) is 1.62. The summed E-state index contributed by atoms with van der Waals surface area (Å²) >= 11 is 0. The number of nitrogens with one attached hydrogen (secondary N) is 1. The van der Waals surface area contributed by atoms with E-state index in [2.05, 4.69) is 38.9 Å². The minimum atomic E-state index is 0.324. The van der Waals surface area contributed by atoms with Crippen LogP contribution < -0.4 is 14.9 Å². The average molecular weight is 409 g/mol. The highest BCUT2D eigenvalue weighted by Crippen LogP contribution is 2.32. The molecule has 0 radical (unpaired) electrons. The first-order chi connectivity index (χ1) is 15.3. The maximum Gasteiger partial charge on any atom is 0.263 e. The first kappa shape index (κ1) is 18.7. The summed E-state index contributed by atoms with van der Waals surface area (Å²) in [7, 11) is 3.20. The summed E-state index contributed by atoms with van der Waals surface area (Å²) in [4.78, 5) is 4.70. The molecule has 5 aromatic rings. The fourth-order valence-corrected chi connectivity index (χ4v) is 3.69. The van der Waals surface area contributed by atoms with Crippen LogP contribution in [0.3, 0.4) is 0 Å². The van der Waals surface area contributed by atoms with Gasteiger partial charge in [-0.05, 0) is 34.5 Å². The number of fused-ring (bicyclic) bond motifs is 6. The van der Waals surface area contributed by atoms with Crippen molar-refractivity contribution in [2.24, 2.45) is 5.10 Å². The fourth-order valence-electron chi connectivity index (χ4n) is 3.69. The van der Waals surface area contributed by atoms with E-state index in [-0.39, 0.29) is 0 Å². The van der Waals surface area contributed by atoms with Gasteiger partial charge in [0.25, 0.3) is 5.95 Å². The van der Waals surface area contributed by atoms with Gasteiger partial charge in [0, 0.05) is 10.8 Å². The molecular formula is C24H19N5O2. The number of aromatic nitrogens is 3. The van der Waals surface area contributed by atoms with Gasteiger partial charge in [0.1, 0.15) is 11.0 Å². The van der Waals surface area contributed by atoms with Crippen LogP contribution in [0.15, 0.2) is 71.8 Å². The van der Waals surface area contributed by atoms with E-state index in [1.165, 1.54) is 0 Å². The Balaban J connectivity index is 1.53. The number of nitrogens with zero attached hydrogens (tertiary/aromatic N) is 4. The molecule has 0 aliphatic rings. The second-order valence-corrected chi connectivity index (χ2v) is 6.91. The molecule has 0 atom stereocenters. The second-order valence-electron chi connectivity index (χ2n) is 6.91. The lowest BCUT2D eigenvalue weighted by Crippen LogP contribution is -2.00. The Morgan fingerprint density at radius 3 is 2.06 bits per heavy atom. The van der Waals surface area contributed by atoms with Crippen molar-refractivity contribution in [3.05, 3.63) is 72.3 Å². The van der Waals surface area contributed by atoms with Crippen LogP contribution in [0.1, 0.15) is 5.56 Å². The van der Waals surface area contributed by atoms with Gasteiger partial charge in [-0.2, -0.15) is 5.10 Å². The molecule has 4 aromatic carbocycles. The number of ether oxygens (including phenoxy) is 2. The molecule has 0 saturated carbocycles. The Hall–Kier alpha value is -4.26. The lowest BCUT2D eigenvalue weighted by molar-refractivity contribution is 0.355. The van der Waals surface area contributed by atoms with E-state index in [0.29, 0.717) is 17.4 Å². The van der Waals surface area contributed by atoms with Gasteiger partial charge in [0.05, 0.1) is 20.4 Å². The van der Waals surface area contributed by atoms with Gasteiger partial charge in [0.15, 0.2) is 11.5 Å². The molecule has 152 valence electrons. The number of methoxy groups -OCH3 is 2. The number of hydrazone groups is 1. The molecule has 0 aliphatic carbocycles. The van der Waals surface area contributed by atoms with Crippen molar-refractivity contribution in [1.82, 2.24) is 15.2 Å². The highest BCUT2D eigenvalue weighted by molar-refractivity contribution is 6.22. The molecule has 7 heteroatoms. The molecule has 31 heavy (non-hydrogen) atoms. The molecule has 0 saturated heterocycles. The predicted octanol–water partition coefficient (Wildman–Crippen LogP) is 4.79. The van der Waals surface area contributed by atoms with Crippen molar-refractivity contribution < 1.29 is 9.47 Å². The molecule has 7 nitrogen and oxygen atoms in total. The van der Waals surface area contributed by atoms with Crippen LogP contribution in [0.5, 0.6) is 11.5 Å². The van der Waals surface area contributed by atoms with Crippen LogP contribution in [0.2, 0.25) is 0 Å². The van der Waals surface area contributed by atoms with E-state index in [0.717, 1.165) is 38.1 Å². The fraction of sp³-hybridized carbons (Fsp3) is 0.0833. The van der Waals surface area contributed by atoms with Crippen LogP contribution in [0, 0.1) is 0 Å². The summed E-state index contributed by atoms with van der Waals surface area (Å²) in [6.07, 6.45) is 1.66. The molecule has 0 fully saturated rings. The zero-order valence-electron chi connectivity index (χ0n) is 17.0. The normalized spacial score (nSPS) is 11.4. The zero-order valence-corrected chi connectivity index (χ0v) is 17.0. The Morgan fingerprint density at radius 2 is 1.39 bits per heavy atom.